The van der Waals surface area contributed by atoms with Crippen molar-refractivity contribution < 1.29 is 13.2 Å². The number of aryl methyl sites for hydroxylation is 1. The number of benzene rings is 1. The van der Waals surface area contributed by atoms with Crippen LogP contribution in [0, 0.1) is 6.92 Å². The molecular weight excluding hydrogens is 326 g/mol. The molecule has 1 aliphatic heterocycles. The summed E-state index contributed by atoms with van der Waals surface area (Å²) in [5.74, 6) is -0.180. The zero-order valence-electron chi connectivity index (χ0n) is 14.1. The van der Waals surface area contributed by atoms with Gasteiger partial charge >= 0.3 is 0 Å². The van der Waals surface area contributed by atoms with Crippen molar-refractivity contribution in [2.75, 3.05) is 20.6 Å². The predicted octanol–water partition coefficient (Wildman–Crippen LogP) is 1.78. The van der Waals surface area contributed by atoms with Gasteiger partial charge in [-0.15, -0.1) is 0 Å². The topological polar surface area (TPSA) is 70.6 Å². The van der Waals surface area contributed by atoms with E-state index in [2.05, 4.69) is 4.98 Å². The number of hydrogen-bond acceptors (Lipinski definition) is 4. The molecule has 1 amide bonds. The number of fused-ring (bicyclic) bond motifs is 1. The fraction of sp³-hybridized carbons (Fsp3) is 0.412. The van der Waals surface area contributed by atoms with E-state index in [9.17, 15) is 13.2 Å². The average Bonchev–Trinajstić information content (AvgIpc) is 3.03. The van der Waals surface area contributed by atoms with Gasteiger partial charge in [-0.1, -0.05) is 12.1 Å². The molecule has 0 saturated carbocycles. The van der Waals surface area contributed by atoms with E-state index in [0.717, 1.165) is 10.9 Å². The Morgan fingerprint density at radius 1 is 1.33 bits per heavy atom. The van der Waals surface area contributed by atoms with Crippen LogP contribution < -0.4 is 0 Å². The van der Waals surface area contributed by atoms with Crippen LogP contribution in [-0.2, 0) is 14.8 Å². The van der Waals surface area contributed by atoms with Crippen LogP contribution in [0.3, 0.4) is 0 Å². The lowest BCUT2D eigenvalue weighted by atomic mass is 10.2. The number of sulfonamides is 1. The molecule has 24 heavy (non-hydrogen) atoms. The Bertz CT molecular complexity index is 893. The van der Waals surface area contributed by atoms with E-state index in [4.69, 9.17) is 0 Å². The smallest absolute Gasteiger partial charge is 0.245 e. The molecule has 1 aliphatic rings. The van der Waals surface area contributed by atoms with Gasteiger partial charge in [-0.25, -0.2) is 8.42 Å². The summed E-state index contributed by atoms with van der Waals surface area (Å²) in [4.78, 5) is 18.3. The summed E-state index contributed by atoms with van der Waals surface area (Å²) in [5, 5.41) is 0.783. The van der Waals surface area contributed by atoms with Gasteiger partial charge in [0.1, 0.15) is 10.9 Å². The molecule has 0 aliphatic carbocycles. The van der Waals surface area contributed by atoms with E-state index >= 15 is 0 Å². The van der Waals surface area contributed by atoms with Gasteiger partial charge in [0, 0.05) is 32.2 Å². The first-order valence-corrected chi connectivity index (χ1v) is 9.35. The zero-order valence-corrected chi connectivity index (χ0v) is 14.9. The molecule has 7 heteroatoms. The number of nitrogens with zero attached hydrogens (tertiary/aromatic N) is 3. The van der Waals surface area contributed by atoms with Crippen molar-refractivity contribution in [3.05, 3.63) is 36.0 Å². The van der Waals surface area contributed by atoms with Crippen molar-refractivity contribution >= 4 is 26.8 Å². The summed E-state index contributed by atoms with van der Waals surface area (Å²) >= 11 is 0. The molecule has 0 bridgehead atoms. The van der Waals surface area contributed by atoms with E-state index in [1.165, 1.54) is 9.21 Å². The lowest BCUT2D eigenvalue weighted by Crippen LogP contribution is -2.45. The van der Waals surface area contributed by atoms with Crippen molar-refractivity contribution in [1.29, 1.82) is 0 Å². The van der Waals surface area contributed by atoms with Gasteiger partial charge in [-0.2, -0.15) is 4.31 Å². The maximum absolute atomic E-state index is 13.2. The van der Waals surface area contributed by atoms with E-state index in [-0.39, 0.29) is 10.8 Å². The Morgan fingerprint density at radius 2 is 2.08 bits per heavy atom. The lowest BCUT2D eigenvalue weighted by molar-refractivity contribution is -0.132. The quantitative estimate of drug-likeness (QED) is 0.849. The molecule has 0 N–H and O–H groups in total. The highest BCUT2D eigenvalue weighted by Crippen LogP contribution is 2.30. The van der Waals surface area contributed by atoms with Crippen LogP contribution in [0.2, 0.25) is 0 Å². The molecule has 1 atom stereocenters. The van der Waals surface area contributed by atoms with E-state index in [0.29, 0.717) is 24.9 Å². The normalized spacial score (nSPS) is 18.9. The highest BCUT2D eigenvalue weighted by atomic mass is 32.2. The van der Waals surface area contributed by atoms with Crippen LogP contribution in [0.15, 0.2) is 35.4 Å². The maximum Gasteiger partial charge on any atom is 0.245 e. The molecule has 1 aromatic heterocycles. The van der Waals surface area contributed by atoms with Crippen molar-refractivity contribution in [1.82, 2.24) is 14.2 Å². The van der Waals surface area contributed by atoms with Gasteiger partial charge in [0.15, 0.2) is 0 Å². The second-order valence-corrected chi connectivity index (χ2v) is 8.21. The molecule has 1 aromatic carbocycles. The second-order valence-electron chi connectivity index (χ2n) is 6.35. The minimum absolute atomic E-state index is 0.165. The summed E-state index contributed by atoms with van der Waals surface area (Å²) in [6.45, 7) is 2.27. The van der Waals surface area contributed by atoms with Crippen LogP contribution in [0.1, 0.15) is 18.4 Å². The molecule has 6 nitrogen and oxygen atoms in total. The Labute approximate surface area is 142 Å². The fourth-order valence-electron chi connectivity index (χ4n) is 3.15. The first-order chi connectivity index (χ1) is 11.3. The molecule has 3 rings (SSSR count). The molecule has 1 fully saturated rings. The molecule has 0 radical (unpaired) electrons. The first kappa shape index (κ1) is 16.9. The van der Waals surface area contributed by atoms with Gasteiger partial charge < -0.3 is 4.90 Å². The molecule has 0 unspecified atom stereocenters. The third-order valence-electron chi connectivity index (χ3n) is 4.33. The molecule has 1 saturated heterocycles. The second kappa shape index (κ2) is 6.14. The predicted molar refractivity (Wildman–Crippen MR) is 92.1 cm³/mol. The zero-order chi connectivity index (χ0) is 17.5. The Balaban J connectivity index is 2.10. The van der Waals surface area contributed by atoms with Gasteiger partial charge in [0.25, 0.3) is 0 Å². The first-order valence-electron chi connectivity index (χ1n) is 7.91. The average molecular weight is 347 g/mol. The molecule has 2 aromatic rings. The van der Waals surface area contributed by atoms with Crippen molar-refractivity contribution in [2.45, 2.75) is 30.7 Å². The number of aromatic nitrogens is 1. The van der Waals surface area contributed by atoms with Gasteiger partial charge in [-0.05, 0) is 37.5 Å². The number of hydrogen-bond donors (Lipinski definition) is 0. The van der Waals surface area contributed by atoms with E-state index in [1.54, 1.807) is 32.4 Å². The van der Waals surface area contributed by atoms with Crippen molar-refractivity contribution in [3.8, 4) is 0 Å². The molecule has 2 heterocycles. The van der Waals surface area contributed by atoms with Gasteiger partial charge in [0.2, 0.25) is 15.9 Å². The highest BCUT2D eigenvalue weighted by molar-refractivity contribution is 7.89. The summed E-state index contributed by atoms with van der Waals surface area (Å²) in [5.41, 5.74) is 1.42. The summed E-state index contributed by atoms with van der Waals surface area (Å²) in [7, 11) is -0.489. The summed E-state index contributed by atoms with van der Waals surface area (Å²) in [6, 6.07) is 6.41. The van der Waals surface area contributed by atoms with Crippen LogP contribution in [0.4, 0.5) is 0 Å². The largest absolute Gasteiger partial charge is 0.347 e. The van der Waals surface area contributed by atoms with Crippen LogP contribution in [0.5, 0.6) is 0 Å². The Morgan fingerprint density at radius 3 is 2.79 bits per heavy atom. The number of pyridine rings is 1. The Hall–Kier alpha value is -1.99. The Kier molecular flexibility index (Phi) is 4.31. The molecular formula is C17H21N3O3S. The van der Waals surface area contributed by atoms with Crippen molar-refractivity contribution in [3.63, 3.8) is 0 Å². The summed E-state index contributed by atoms with van der Waals surface area (Å²) in [6.07, 6.45) is 2.89. The number of likely N-dealkylation sites (N-methyl/N-ethyl adjacent to an activating group) is 1. The maximum atomic E-state index is 13.2. The molecule has 128 valence electrons. The summed E-state index contributed by atoms with van der Waals surface area (Å²) < 4.78 is 27.7. The number of amides is 1. The number of carbonyl (C=O) groups excluding carboxylic acids is 1. The van der Waals surface area contributed by atoms with E-state index in [1.807, 2.05) is 19.1 Å². The van der Waals surface area contributed by atoms with Crippen molar-refractivity contribution in [2.24, 2.45) is 0 Å². The van der Waals surface area contributed by atoms with Gasteiger partial charge in [-0.3, -0.25) is 9.78 Å². The van der Waals surface area contributed by atoms with Gasteiger partial charge in [0.05, 0.1) is 5.52 Å². The number of carbonyl (C=O) groups is 1. The third-order valence-corrected chi connectivity index (χ3v) is 6.27. The number of para-hydroxylation sites is 1. The minimum Gasteiger partial charge on any atom is -0.347 e. The minimum atomic E-state index is -3.78. The lowest BCUT2D eigenvalue weighted by Gasteiger charge is -2.25. The standard InChI is InChI=1S/C17H21N3O3S/c1-12-10-13-6-4-8-15(16(13)18-11-12)24(22,23)20-9-5-7-14(20)17(21)19(2)3/h4,6,8,10-11,14H,5,7,9H2,1-3H3/t14-/m1/s1. The third kappa shape index (κ3) is 2.78. The number of rotatable bonds is 3. The SMILES string of the molecule is Cc1cnc2c(S(=O)(=O)N3CCC[C@@H]3C(=O)N(C)C)cccc2c1. The fourth-order valence-corrected chi connectivity index (χ4v) is 4.97. The van der Waals surface area contributed by atoms with Crippen LogP contribution in [0.25, 0.3) is 10.9 Å². The van der Waals surface area contributed by atoms with Crippen LogP contribution in [-0.4, -0.2) is 55.2 Å². The van der Waals surface area contributed by atoms with Crippen LogP contribution >= 0.6 is 0 Å². The van der Waals surface area contributed by atoms with E-state index < -0.39 is 16.1 Å². The highest BCUT2D eigenvalue weighted by Gasteiger charge is 2.40. The molecule has 0 spiro atoms. The monoisotopic (exact) mass is 347 g/mol.